The molecule has 96 valence electrons. The van der Waals surface area contributed by atoms with Gasteiger partial charge in [0.25, 0.3) is 0 Å². The van der Waals surface area contributed by atoms with Gasteiger partial charge in [-0.3, -0.25) is 4.79 Å². The maximum Gasteiger partial charge on any atom is 0.389 e. The second-order valence-corrected chi connectivity index (χ2v) is 4.80. The van der Waals surface area contributed by atoms with E-state index in [1.165, 1.54) is 0 Å². The lowest BCUT2D eigenvalue weighted by molar-refractivity contribution is -0.144. The summed E-state index contributed by atoms with van der Waals surface area (Å²) < 4.78 is 35.3. The molecular formula is C10H18F3NO2. The van der Waals surface area contributed by atoms with Gasteiger partial charge in [-0.2, -0.15) is 13.2 Å². The highest BCUT2D eigenvalue weighted by molar-refractivity contribution is 5.75. The van der Waals surface area contributed by atoms with Crippen molar-refractivity contribution < 1.29 is 23.1 Å². The van der Waals surface area contributed by atoms with Gasteiger partial charge in [0, 0.05) is 13.0 Å². The predicted molar refractivity (Wildman–Crippen MR) is 53.8 cm³/mol. The van der Waals surface area contributed by atoms with Crippen LogP contribution in [0.25, 0.3) is 0 Å². The molecule has 0 rings (SSSR count). The van der Waals surface area contributed by atoms with E-state index in [-0.39, 0.29) is 6.54 Å². The van der Waals surface area contributed by atoms with E-state index in [0.29, 0.717) is 0 Å². The van der Waals surface area contributed by atoms with E-state index in [0.717, 1.165) is 0 Å². The van der Waals surface area contributed by atoms with Crippen LogP contribution in [0, 0.1) is 5.41 Å². The van der Waals surface area contributed by atoms with Crippen LogP contribution >= 0.6 is 0 Å². The van der Waals surface area contributed by atoms with Crippen LogP contribution < -0.4 is 5.32 Å². The SMILES string of the molecule is CC(C)(C)C(O)CNC(=O)CCC(F)(F)F. The number of nitrogens with one attached hydrogen (secondary N) is 1. The van der Waals surface area contributed by atoms with Gasteiger partial charge in [-0.25, -0.2) is 0 Å². The van der Waals surface area contributed by atoms with Crippen molar-refractivity contribution in [2.24, 2.45) is 5.41 Å². The van der Waals surface area contributed by atoms with E-state index in [2.05, 4.69) is 5.32 Å². The van der Waals surface area contributed by atoms with Crippen LogP contribution in [-0.4, -0.2) is 29.8 Å². The number of rotatable bonds is 4. The van der Waals surface area contributed by atoms with Gasteiger partial charge in [0.1, 0.15) is 0 Å². The van der Waals surface area contributed by atoms with Crippen LogP contribution in [0.3, 0.4) is 0 Å². The number of aliphatic hydroxyl groups is 1. The molecular weight excluding hydrogens is 223 g/mol. The normalized spacial score (nSPS) is 14.7. The van der Waals surface area contributed by atoms with E-state index < -0.39 is 36.4 Å². The minimum Gasteiger partial charge on any atom is -0.391 e. The Morgan fingerprint density at radius 2 is 1.81 bits per heavy atom. The Balaban J connectivity index is 3.83. The molecule has 0 fully saturated rings. The molecule has 0 aromatic rings. The van der Waals surface area contributed by atoms with Crippen LogP contribution in [0.15, 0.2) is 0 Å². The molecule has 0 aromatic heterocycles. The quantitative estimate of drug-likeness (QED) is 0.789. The summed E-state index contributed by atoms with van der Waals surface area (Å²) >= 11 is 0. The molecule has 0 saturated heterocycles. The Morgan fingerprint density at radius 3 is 2.19 bits per heavy atom. The van der Waals surface area contributed by atoms with Gasteiger partial charge in [-0.05, 0) is 5.41 Å². The molecule has 6 heteroatoms. The number of amides is 1. The average molecular weight is 241 g/mol. The molecule has 16 heavy (non-hydrogen) atoms. The lowest BCUT2D eigenvalue weighted by Crippen LogP contribution is -2.39. The maximum absolute atomic E-state index is 11.8. The molecule has 0 radical (unpaired) electrons. The first kappa shape index (κ1) is 15.2. The van der Waals surface area contributed by atoms with Gasteiger partial charge in [0.05, 0.1) is 12.5 Å². The molecule has 2 N–H and O–H groups in total. The molecule has 0 spiro atoms. The molecule has 0 aliphatic carbocycles. The second kappa shape index (κ2) is 5.52. The van der Waals surface area contributed by atoms with E-state index >= 15 is 0 Å². The van der Waals surface area contributed by atoms with Crippen LogP contribution in [-0.2, 0) is 4.79 Å². The minimum atomic E-state index is -4.32. The molecule has 0 aliphatic rings. The van der Waals surface area contributed by atoms with Gasteiger partial charge >= 0.3 is 6.18 Å². The summed E-state index contributed by atoms with van der Waals surface area (Å²) in [7, 11) is 0. The average Bonchev–Trinajstić information content (AvgIpc) is 2.08. The summed E-state index contributed by atoms with van der Waals surface area (Å²) in [5.74, 6) is -0.694. The largest absolute Gasteiger partial charge is 0.391 e. The zero-order valence-electron chi connectivity index (χ0n) is 9.69. The number of alkyl halides is 3. The maximum atomic E-state index is 11.8. The van der Waals surface area contributed by atoms with Crippen molar-refractivity contribution in [3.8, 4) is 0 Å². The molecule has 0 bridgehead atoms. The second-order valence-electron chi connectivity index (χ2n) is 4.80. The highest BCUT2D eigenvalue weighted by atomic mass is 19.4. The van der Waals surface area contributed by atoms with E-state index in [1.807, 2.05) is 0 Å². The van der Waals surface area contributed by atoms with Gasteiger partial charge in [-0.1, -0.05) is 20.8 Å². The Labute approximate surface area is 93.0 Å². The Kier molecular flexibility index (Phi) is 5.25. The van der Waals surface area contributed by atoms with Crippen LogP contribution in [0.5, 0.6) is 0 Å². The van der Waals surface area contributed by atoms with E-state index in [4.69, 9.17) is 0 Å². The first-order valence-corrected chi connectivity index (χ1v) is 5.04. The topological polar surface area (TPSA) is 49.3 Å². The van der Waals surface area contributed by atoms with Crippen molar-refractivity contribution >= 4 is 5.91 Å². The summed E-state index contributed by atoms with van der Waals surface area (Å²) in [6.07, 6.45) is -6.83. The summed E-state index contributed by atoms with van der Waals surface area (Å²) in [6, 6.07) is 0. The minimum absolute atomic E-state index is 0.0276. The molecule has 3 nitrogen and oxygen atoms in total. The highest BCUT2D eigenvalue weighted by Crippen LogP contribution is 2.21. The van der Waals surface area contributed by atoms with Crippen molar-refractivity contribution in [2.45, 2.75) is 45.9 Å². The predicted octanol–water partition coefficient (Wildman–Crippen LogP) is 1.85. The van der Waals surface area contributed by atoms with Gasteiger partial charge in [0.15, 0.2) is 0 Å². The zero-order chi connectivity index (χ0) is 13.0. The third-order valence-electron chi connectivity index (χ3n) is 2.13. The molecule has 1 amide bonds. The van der Waals surface area contributed by atoms with Crippen molar-refractivity contribution in [3.63, 3.8) is 0 Å². The molecule has 1 atom stereocenters. The standard InChI is InChI=1S/C10H18F3NO2/c1-9(2,3)7(15)6-14-8(16)4-5-10(11,12)13/h7,15H,4-6H2,1-3H3,(H,14,16). The number of aliphatic hydroxyl groups excluding tert-OH is 1. The highest BCUT2D eigenvalue weighted by Gasteiger charge is 2.28. The Hall–Kier alpha value is -0.780. The summed E-state index contributed by atoms with van der Waals surface area (Å²) in [5, 5.41) is 11.8. The van der Waals surface area contributed by atoms with Gasteiger partial charge in [0.2, 0.25) is 5.91 Å². The van der Waals surface area contributed by atoms with Crippen LogP contribution in [0.1, 0.15) is 33.6 Å². The fourth-order valence-corrected chi connectivity index (χ4v) is 0.860. The van der Waals surface area contributed by atoms with Crippen LogP contribution in [0.2, 0.25) is 0 Å². The number of halogens is 3. The molecule has 0 saturated carbocycles. The van der Waals surface area contributed by atoms with Crippen molar-refractivity contribution in [3.05, 3.63) is 0 Å². The van der Waals surface area contributed by atoms with Crippen LogP contribution in [0.4, 0.5) is 13.2 Å². The molecule has 0 heterocycles. The number of carbonyl (C=O) groups is 1. The first-order valence-electron chi connectivity index (χ1n) is 5.04. The van der Waals surface area contributed by atoms with Gasteiger partial charge < -0.3 is 10.4 Å². The molecule has 1 unspecified atom stereocenters. The number of carbonyl (C=O) groups excluding carboxylic acids is 1. The molecule has 0 aliphatic heterocycles. The van der Waals surface area contributed by atoms with Gasteiger partial charge in [-0.15, -0.1) is 0 Å². The fourth-order valence-electron chi connectivity index (χ4n) is 0.860. The van der Waals surface area contributed by atoms with Crippen molar-refractivity contribution in [1.82, 2.24) is 5.32 Å². The smallest absolute Gasteiger partial charge is 0.389 e. The Morgan fingerprint density at radius 1 is 1.31 bits per heavy atom. The number of hydrogen-bond donors (Lipinski definition) is 2. The summed E-state index contributed by atoms with van der Waals surface area (Å²) in [5.41, 5.74) is -0.405. The third-order valence-corrected chi connectivity index (χ3v) is 2.13. The lowest BCUT2D eigenvalue weighted by atomic mass is 9.89. The zero-order valence-corrected chi connectivity index (χ0v) is 9.69. The molecule has 0 aromatic carbocycles. The third kappa shape index (κ3) is 7.50. The van der Waals surface area contributed by atoms with E-state index in [9.17, 15) is 23.1 Å². The van der Waals surface area contributed by atoms with Crippen molar-refractivity contribution in [1.29, 1.82) is 0 Å². The Bertz CT molecular complexity index is 233. The summed E-state index contributed by atoms with van der Waals surface area (Å²) in [4.78, 5) is 11.0. The van der Waals surface area contributed by atoms with E-state index in [1.54, 1.807) is 20.8 Å². The summed E-state index contributed by atoms with van der Waals surface area (Å²) in [6.45, 7) is 5.30. The van der Waals surface area contributed by atoms with Crippen molar-refractivity contribution in [2.75, 3.05) is 6.54 Å². The lowest BCUT2D eigenvalue weighted by Gasteiger charge is -2.25. The monoisotopic (exact) mass is 241 g/mol. The first-order chi connectivity index (χ1) is 7.02. The number of hydrogen-bond acceptors (Lipinski definition) is 2. The fraction of sp³-hybridized carbons (Fsp3) is 0.900.